The van der Waals surface area contributed by atoms with E-state index in [1.165, 1.54) is 5.12 Å². The molecule has 70 valence electrons. The maximum Gasteiger partial charge on any atom is 0.152 e. The largest absolute Gasteiger partial charge is 0.382 e. The fourth-order valence-corrected chi connectivity index (χ4v) is 1.12. The number of rotatable bonds is 2. The Balaban J connectivity index is 2.95. The number of amidine groups is 1. The van der Waals surface area contributed by atoms with Crippen LogP contribution in [-0.4, -0.2) is 18.0 Å². The number of nitrogens with two attached hydrogens (primary N) is 2. The van der Waals surface area contributed by atoms with Crippen molar-refractivity contribution in [3.8, 4) is 0 Å². The first-order chi connectivity index (χ1) is 6.09. The van der Waals surface area contributed by atoms with Crippen molar-refractivity contribution in [1.82, 2.24) is 5.12 Å². The first kappa shape index (κ1) is 9.88. The summed E-state index contributed by atoms with van der Waals surface area (Å²) in [4.78, 5) is 0.843. The number of benzene rings is 1. The summed E-state index contributed by atoms with van der Waals surface area (Å²) in [6.45, 7) is 0. The molecule has 0 aliphatic rings. The molecule has 0 aromatic heterocycles. The summed E-state index contributed by atoms with van der Waals surface area (Å²) in [6, 6.07) is 7.40. The standard InChI is InChI=1S/C8H12N4S/c1-12(10)11-8(9)6-3-2-4-7(13)5-6/h2-5,13H,10H2,1H3,(H2,9,11). The Morgan fingerprint density at radius 3 is 2.77 bits per heavy atom. The Kier molecular flexibility index (Phi) is 3.16. The zero-order valence-electron chi connectivity index (χ0n) is 7.31. The quantitative estimate of drug-likeness (QED) is 0.211. The van der Waals surface area contributed by atoms with Crippen LogP contribution in [0.2, 0.25) is 0 Å². The van der Waals surface area contributed by atoms with E-state index in [4.69, 9.17) is 11.6 Å². The summed E-state index contributed by atoms with van der Waals surface area (Å²) in [5.74, 6) is 5.69. The van der Waals surface area contributed by atoms with Crippen molar-refractivity contribution in [2.45, 2.75) is 4.90 Å². The first-order valence-corrected chi connectivity index (χ1v) is 4.16. The summed E-state index contributed by atoms with van der Waals surface area (Å²) >= 11 is 4.18. The van der Waals surface area contributed by atoms with Gasteiger partial charge in [0.1, 0.15) is 0 Å². The van der Waals surface area contributed by atoms with Gasteiger partial charge in [0, 0.05) is 17.5 Å². The number of hydrazone groups is 1. The van der Waals surface area contributed by atoms with E-state index in [1.54, 1.807) is 7.05 Å². The van der Waals surface area contributed by atoms with Crippen LogP contribution in [-0.2, 0) is 0 Å². The zero-order valence-corrected chi connectivity index (χ0v) is 8.20. The smallest absolute Gasteiger partial charge is 0.152 e. The lowest BCUT2D eigenvalue weighted by molar-refractivity contribution is 0.371. The van der Waals surface area contributed by atoms with Crippen molar-refractivity contribution in [2.75, 3.05) is 7.05 Å². The average Bonchev–Trinajstić information content (AvgIpc) is 2.03. The van der Waals surface area contributed by atoms with Crippen LogP contribution >= 0.6 is 12.6 Å². The molecule has 4 nitrogen and oxygen atoms in total. The molecule has 0 unspecified atom stereocenters. The molecule has 0 amide bonds. The van der Waals surface area contributed by atoms with Crippen LogP contribution in [0.5, 0.6) is 0 Å². The highest BCUT2D eigenvalue weighted by atomic mass is 32.1. The van der Waals surface area contributed by atoms with E-state index in [-0.39, 0.29) is 0 Å². The van der Waals surface area contributed by atoms with Gasteiger partial charge in [0.2, 0.25) is 0 Å². The fourth-order valence-electron chi connectivity index (χ4n) is 0.893. The second-order valence-corrected chi connectivity index (χ2v) is 3.13. The molecule has 1 aromatic carbocycles. The number of nitrogens with zero attached hydrogens (tertiary/aromatic N) is 2. The van der Waals surface area contributed by atoms with Crippen LogP contribution in [0.4, 0.5) is 0 Å². The second kappa shape index (κ2) is 4.15. The summed E-state index contributed by atoms with van der Waals surface area (Å²) < 4.78 is 0. The molecule has 0 fully saturated rings. The summed E-state index contributed by atoms with van der Waals surface area (Å²) in [5.41, 5.74) is 6.47. The maximum absolute atomic E-state index is 5.66. The highest BCUT2D eigenvalue weighted by Crippen LogP contribution is 2.08. The lowest BCUT2D eigenvalue weighted by Gasteiger charge is -2.06. The third-order valence-corrected chi connectivity index (χ3v) is 1.69. The van der Waals surface area contributed by atoms with Crippen LogP contribution in [0.1, 0.15) is 5.56 Å². The third-order valence-electron chi connectivity index (χ3n) is 1.41. The molecule has 0 radical (unpaired) electrons. The molecule has 13 heavy (non-hydrogen) atoms. The Hall–Kier alpha value is -1.20. The van der Waals surface area contributed by atoms with E-state index in [0.29, 0.717) is 5.84 Å². The van der Waals surface area contributed by atoms with Gasteiger partial charge in [0.05, 0.1) is 0 Å². The fraction of sp³-hybridized carbons (Fsp3) is 0.125. The number of hydrogen-bond acceptors (Lipinski definition) is 4. The average molecular weight is 196 g/mol. The van der Waals surface area contributed by atoms with Crippen LogP contribution in [0.3, 0.4) is 0 Å². The minimum Gasteiger partial charge on any atom is -0.382 e. The van der Waals surface area contributed by atoms with Crippen molar-refractivity contribution in [3.63, 3.8) is 0 Å². The minimum absolute atomic E-state index is 0.376. The van der Waals surface area contributed by atoms with Crippen LogP contribution in [0.25, 0.3) is 0 Å². The SMILES string of the molecule is CN(N)/N=C(\N)c1cccc(S)c1. The van der Waals surface area contributed by atoms with Crippen molar-refractivity contribution in [2.24, 2.45) is 16.7 Å². The number of thiol groups is 1. The minimum atomic E-state index is 0.376. The molecule has 5 heteroatoms. The zero-order chi connectivity index (χ0) is 9.84. The van der Waals surface area contributed by atoms with E-state index in [0.717, 1.165) is 10.5 Å². The Labute approximate surface area is 82.6 Å². The molecule has 4 N–H and O–H groups in total. The van der Waals surface area contributed by atoms with Gasteiger partial charge in [-0.25, -0.2) is 11.0 Å². The Morgan fingerprint density at radius 1 is 1.54 bits per heavy atom. The van der Waals surface area contributed by atoms with E-state index in [1.807, 2.05) is 24.3 Å². The van der Waals surface area contributed by atoms with Crippen molar-refractivity contribution in [1.29, 1.82) is 0 Å². The number of hydrogen-bond donors (Lipinski definition) is 3. The molecule has 0 heterocycles. The number of hydrazine groups is 1. The van der Waals surface area contributed by atoms with Gasteiger partial charge >= 0.3 is 0 Å². The molecular weight excluding hydrogens is 184 g/mol. The third kappa shape index (κ3) is 2.96. The predicted molar refractivity (Wildman–Crippen MR) is 56.4 cm³/mol. The molecule has 0 aliphatic heterocycles. The van der Waals surface area contributed by atoms with Gasteiger partial charge in [-0.3, -0.25) is 0 Å². The van der Waals surface area contributed by atoms with Gasteiger partial charge in [-0.1, -0.05) is 12.1 Å². The molecule has 0 bridgehead atoms. The molecule has 1 aromatic rings. The summed E-state index contributed by atoms with van der Waals surface area (Å²) in [6.07, 6.45) is 0. The van der Waals surface area contributed by atoms with Crippen molar-refractivity contribution < 1.29 is 0 Å². The lowest BCUT2D eigenvalue weighted by Crippen LogP contribution is -2.25. The van der Waals surface area contributed by atoms with Gasteiger partial charge in [-0.05, 0) is 12.1 Å². The second-order valence-electron chi connectivity index (χ2n) is 2.61. The summed E-state index contributed by atoms with van der Waals surface area (Å²) in [7, 11) is 1.61. The first-order valence-electron chi connectivity index (χ1n) is 3.71. The molecule has 0 saturated carbocycles. The monoisotopic (exact) mass is 196 g/mol. The maximum atomic E-state index is 5.66. The van der Waals surface area contributed by atoms with E-state index >= 15 is 0 Å². The van der Waals surface area contributed by atoms with Crippen molar-refractivity contribution >= 4 is 18.5 Å². The predicted octanol–water partition coefficient (Wildman–Crippen LogP) is 0.401. The molecule has 0 saturated heterocycles. The van der Waals surface area contributed by atoms with Gasteiger partial charge in [0.25, 0.3) is 0 Å². The van der Waals surface area contributed by atoms with Gasteiger partial charge in [-0.2, -0.15) is 0 Å². The molecular formula is C8H12N4S. The molecule has 0 aliphatic carbocycles. The topological polar surface area (TPSA) is 67.6 Å². The highest BCUT2D eigenvalue weighted by Gasteiger charge is 1.98. The molecule has 0 atom stereocenters. The highest BCUT2D eigenvalue weighted by molar-refractivity contribution is 7.80. The summed E-state index contributed by atoms with van der Waals surface area (Å²) in [5, 5.41) is 5.03. The normalized spacial score (nSPS) is 11.5. The van der Waals surface area contributed by atoms with Gasteiger partial charge in [-0.15, -0.1) is 17.7 Å². The van der Waals surface area contributed by atoms with Gasteiger partial charge < -0.3 is 5.73 Å². The Morgan fingerprint density at radius 2 is 2.23 bits per heavy atom. The van der Waals surface area contributed by atoms with Crippen LogP contribution in [0.15, 0.2) is 34.3 Å². The van der Waals surface area contributed by atoms with Crippen molar-refractivity contribution in [3.05, 3.63) is 29.8 Å². The van der Waals surface area contributed by atoms with Gasteiger partial charge in [0.15, 0.2) is 5.84 Å². The van der Waals surface area contributed by atoms with E-state index < -0.39 is 0 Å². The van der Waals surface area contributed by atoms with E-state index in [9.17, 15) is 0 Å². The van der Waals surface area contributed by atoms with E-state index in [2.05, 4.69) is 17.7 Å². The Bertz CT molecular complexity index is 322. The molecule has 1 rings (SSSR count). The van der Waals surface area contributed by atoms with Crippen LogP contribution in [0, 0.1) is 0 Å². The molecule has 0 spiro atoms. The van der Waals surface area contributed by atoms with Crippen LogP contribution < -0.4 is 11.6 Å². The lowest BCUT2D eigenvalue weighted by atomic mass is 10.2.